The maximum absolute atomic E-state index is 13.7. The minimum Gasteiger partial charge on any atom is -0.360 e. The summed E-state index contributed by atoms with van der Waals surface area (Å²) in [5, 5.41) is 3.00. The van der Waals surface area contributed by atoms with Gasteiger partial charge in [-0.15, -0.1) is 0 Å². The lowest BCUT2D eigenvalue weighted by Crippen LogP contribution is -3.14. The highest BCUT2D eigenvalue weighted by molar-refractivity contribution is 6.09. The van der Waals surface area contributed by atoms with Crippen molar-refractivity contribution in [2.75, 3.05) is 18.9 Å². The predicted molar refractivity (Wildman–Crippen MR) is 98.8 cm³/mol. The van der Waals surface area contributed by atoms with Gasteiger partial charge in [0.05, 0.1) is 12.7 Å². The smallest absolute Gasteiger partial charge is 0.279 e. The molecule has 2 atom stereocenters. The SMILES string of the molecule is C[C@@H](C(=O)c1c[nH]c2ccccc12)[NH+](C)CC(=O)Nc1ccc(F)c(F)c1F. The van der Waals surface area contributed by atoms with Crippen LogP contribution >= 0.6 is 0 Å². The summed E-state index contributed by atoms with van der Waals surface area (Å²) in [7, 11) is 1.65. The van der Waals surface area contributed by atoms with Crippen LogP contribution in [-0.4, -0.2) is 36.3 Å². The van der Waals surface area contributed by atoms with Gasteiger partial charge in [0.15, 0.2) is 24.0 Å². The molecule has 8 heteroatoms. The Balaban J connectivity index is 1.68. The number of aromatic nitrogens is 1. The van der Waals surface area contributed by atoms with E-state index in [1.165, 1.54) is 0 Å². The van der Waals surface area contributed by atoms with Crippen LogP contribution in [0.3, 0.4) is 0 Å². The number of quaternary nitrogens is 1. The molecule has 0 aliphatic carbocycles. The van der Waals surface area contributed by atoms with Crippen LogP contribution in [0.25, 0.3) is 10.9 Å². The molecule has 0 aliphatic heterocycles. The molecule has 1 aromatic heterocycles. The number of halogens is 3. The lowest BCUT2D eigenvalue weighted by molar-refractivity contribution is -0.885. The highest BCUT2D eigenvalue weighted by Gasteiger charge is 2.27. The maximum Gasteiger partial charge on any atom is 0.279 e. The van der Waals surface area contributed by atoms with Gasteiger partial charge in [-0.1, -0.05) is 18.2 Å². The highest BCUT2D eigenvalue weighted by atomic mass is 19.2. The Labute approximate surface area is 159 Å². The normalized spacial score (nSPS) is 13.3. The Morgan fingerprint density at radius 3 is 2.57 bits per heavy atom. The minimum absolute atomic E-state index is 0.151. The Bertz CT molecular complexity index is 1050. The summed E-state index contributed by atoms with van der Waals surface area (Å²) in [5.41, 5.74) is 0.907. The number of anilines is 1. The van der Waals surface area contributed by atoms with E-state index in [4.69, 9.17) is 0 Å². The quantitative estimate of drug-likeness (QED) is 0.447. The average molecular weight is 390 g/mol. The first-order valence-electron chi connectivity index (χ1n) is 8.65. The third-order valence-corrected chi connectivity index (χ3v) is 4.74. The number of likely N-dealkylation sites (N-methyl/N-ethyl adjacent to an activating group) is 1. The molecule has 5 nitrogen and oxygen atoms in total. The average Bonchev–Trinajstić information content (AvgIpc) is 3.11. The van der Waals surface area contributed by atoms with E-state index >= 15 is 0 Å². The second-order valence-electron chi connectivity index (χ2n) is 6.63. The van der Waals surface area contributed by atoms with Crippen LogP contribution in [0.15, 0.2) is 42.6 Å². The minimum atomic E-state index is -1.65. The summed E-state index contributed by atoms with van der Waals surface area (Å²) < 4.78 is 39.9. The molecule has 0 fully saturated rings. The fraction of sp³-hybridized carbons (Fsp3) is 0.200. The first-order chi connectivity index (χ1) is 13.3. The van der Waals surface area contributed by atoms with Crippen molar-refractivity contribution in [3.8, 4) is 0 Å². The molecule has 0 saturated carbocycles. The molecule has 1 amide bonds. The molecule has 1 heterocycles. The van der Waals surface area contributed by atoms with Gasteiger partial charge in [0.2, 0.25) is 5.78 Å². The molecule has 0 saturated heterocycles. The van der Waals surface area contributed by atoms with E-state index in [1.54, 1.807) is 20.2 Å². The van der Waals surface area contributed by atoms with Crippen LogP contribution in [0, 0.1) is 17.5 Å². The topological polar surface area (TPSA) is 66.4 Å². The Morgan fingerprint density at radius 1 is 1.11 bits per heavy atom. The second kappa shape index (κ2) is 7.85. The summed E-state index contributed by atoms with van der Waals surface area (Å²) in [6.45, 7) is 1.53. The van der Waals surface area contributed by atoms with E-state index in [2.05, 4.69) is 10.3 Å². The van der Waals surface area contributed by atoms with Gasteiger partial charge < -0.3 is 15.2 Å². The fourth-order valence-corrected chi connectivity index (χ4v) is 2.96. The lowest BCUT2D eigenvalue weighted by Gasteiger charge is -2.20. The number of H-pyrrole nitrogens is 1. The Kier molecular flexibility index (Phi) is 5.51. The third kappa shape index (κ3) is 3.77. The van der Waals surface area contributed by atoms with Crippen molar-refractivity contribution in [1.82, 2.24) is 4.98 Å². The molecule has 0 aliphatic rings. The summed E-state index contributed by atoms with van der Waals surface area (Å²) in [6, 6.07) is 8.50. The van der Waals surface area contributed by atoms with Crippen LogP contribution < -0.4 is 10.2 Å². The van der Waals surface area contributed by atoms with E-state index in [1.807, 2.05) is 24.3 Å². The van der Waals surface area contributed by atoms with E-state index in [-0.39, 0.29) is 12.3 Å². The van der Waals surface area contributed by atoms with Crippen molar-refractivity contribution < 1.29 is 27.7 Å². The first-order valence-corrected chi connectivity index (χ1v) is 8.65. The molecular weight excluding hydrogens is 371 g/mol. The molecule has 28 heavy (non-hydrogen) atoms. The van der Waals surface area contributed by atoms with Crippen molar-refractivity contribution >= 4 is 28.3 Å². The van der Waals surface area contributed by atoms with Gasteiger partial charge in [0, 0.05) is 22.7 Å². The van der Waals surface area contributed by atoms with E-state index < -0.39 is 35.1 Å². The number of fused-ring (bicyclic) bond motifs is 1. The zero-order valence-electron chi connectivity index (χ0n) is 15.3. The maximum atomic E-state index is 13.7. The number of aromatic amines is 1. The van der Waals surface area contributed by atoms with Gasteiger partial charge in [-0.25, -0.2) is 13.2 Å². The van der Waals surface area contributed by atoms with Gasteiger partial charge in [0.25, 0.3) is 5.91 Å². The number of ketones is 1. The molecule has 0 radical (unpaired) electrons. The third-order valence-electron chi connectivity index (χ3n) is 4.74. The van der Waals surface area contributed by atoms with Crippen LogP contribution in [0.5, 0.6) is 0 Å². The molecule has 2 aromatic carbocycles. The van der Waals surface area contributed by atoms with Crippen molar-refractivity contribution in [1.29, 1.82) is 0 Å². The van der Waals surface area contributed by atoms with Crippen molar-refractivity contribution in [3.63, 3.8) is 0 Å². The Hall–Kier alpha value is -3.13. The summed E-state index contributed by atoms with van der Waals surface area (Å²) in [4.78, 5) is 28.6. The van der Waals surface area contributed by atoms with Crippen molar-refractivity contribution in [3.05, 3.63) is 65.6 Å². The molecule has 3 rings (SSSR count). The number of carbonyl (C=O) groups excluding carboxylic acids is 2. The predicted octanol–water partition coefficient (Wildman–Crippen LogP) is 2.31. The first kappa shape index (κ1) is 19.6. The van der Waals surface area contributed by atoms with Gasteiger partial charge in [-0.3, -0.25) is 9.59 Å². The number of amides is 1. The van der Waals surface area contributed by atoms with Crippen LogP contribution in [-0.2, 0) is 4.79 Å². The number of hydrogen-bond donors (Lipinski definition) is 3. The van der Waals surface area contributed by atoms with Crippen LogP contribution in [0.1, 0.15) is 17.3 Å². The number of carbonyl (C=O) groups is 2. The number of rotatable bonds is 6. The molecule has 146 valence electrons. The number of para-hydroxylation sites is 1. The van der Waals surface area contributed by atoms with E-state index in [9.17, 15) is 22.8 Å². The zero-order chi connectivity index (χ0) is 20.4. The zero-order valence-corrected chi connectivity index (χ0v) is 15.3. The second-order valence-corrected chi connectivity index (χ2v) is 6.63. The highest BCUT2D eigenvalue weighted by Crippen LogP contribution is 2.20. The molecule has 3 aromatic rings. The lowest BCUT2D eigenvalue weighted by atomic mass is 10.0. The number of benzene rings is 2. The monoisotopic (exact) mass is 390 g/mol. The van der Waals surface area contributed by atoms with Crippen molar-refractivity contribution in [2.24, 2.45) is 0 Å². The standard InChI is InChI=1S/C20H18F3N3O2/c1-11(20(28)13-9-24-15-6-4-3-5-12(13)15)26(2)10-17(27)25-16-8-7-14(21)18(22)19(16)23/h3-9,11,24H,10H2,1-2H3,(H,25,27)/p+1/t11-/m0/s1. The van der Waals surface area contributed by atoms with Crippen LogP contribution in [0.4, 0.5) is 18.9 Å². The van der Waals surface area contributed by atoms with Gasteiger partial charge in [-0.2, -0.15) is 0 Å². The van der Waals surface area contributed by atoms with Gasteiger partial charge in [-0.05, 0) is 25.1 Å². The molecule has 0 bridgehead atoms. The largest absolute Gasteiger partial charge is 0.360 e. The summed E-state index contributed by atoms with van der Waals surface area (Å²) >= 11 is 0. The number of nitrogens with one attached hydrogen (secondary N) is 3. The number of hydrogen-bond acceptors (Lipinski definition) is 2. The van der Waals surface area contributed by atoms with E-state index in [0.29, 0.717) is 10.5 Å². The molecule has 0 spiro atoms. The molecule has 1 unspecified atom stereocenters. The fourth-order valence-electron chi connectivity index (χ4n) is 2.96. The summed E-state index contributed by atoms with van der Waals surface area (Å²) in [5.74, 6) is -5.23. The van der Waals surface area contributed by atoms with E-state index in [0.717, 1.165) is 23.0 Å². The van der Waals surface area contributed by atoms with Crippen LogP contribution in [0.2, 0.25) is 0 Å². The van der Waals surface area contributed by atoms with Gasteiger partial charge in [0.1, 0.15) is 6.04 Å². The number of Topliss-reactive ketones (excluding diaryl/α,β-unsaturated/α-hetero) is 1. The molecule has 3 N–H and O–H groups in total. The molecular formula is C20H19F3N3O2+. The van der Waals surface area contributed by atoms with Crippen molar-refractivity contribution in [2.45, 2.75) is 13.0 Å². The van der Waals surface area contributed by atoms with Gasteiger partial charge >= 0.3 is 0 Å². The Morgan fingerprint density at radius 2 is 1.82 bits per heavy atom. The summed E-state index contributed by atoms with van der Waals surface area (Å²) in [6.07, 6.45) is 1.63.